The number of allylic oxidation sites excluding steroid dienone is 1. The predicted octanol–water partition coefficient (Wildman–Crippen LogP) is -0.390. The molecule has 0 aliphatic rings. The van der Waals surface area contributed by atoms with Crippen LogP contribution in [-0.2, 0) is 7.05 Å². The Morgan fingerprint density at radius 1 is 1.62 bits per heavy atom. The average Bonchev–Trinajstić information content (AvgIpc) is 2.13. The van der Waals surface area contributed by atoms with Crippen LogP contribution in [0.15, 0.2) is 21.9 Å². The number of nitrogens with one attached hydrogen (secondary N) is 1. The van der Waals surface area contributed by atoms with Gasteiger partial charge >= 0.3 is 5.69 Å². The molecule has 0 atom stereocenters. The Hall–Kier alpha value is -2.09. The lowest BCUT2D eigenvalue weighted by Crippen LogP contribution is -2.33. The Bertz CT molecular complexity index is 487. The Morgan fingerprint density at radius 3 is 2.92 bits per heavy atom. The Morgan fingerprint density at radius 2 is 2.31 bits per heavy atom. The number of nitriles is 1. The second-order valence-electron chi connectivity index (χ2n) is 2.38. The molecule has 1 rings (SSSR count). The molecule has 1 aromatic rings. The molecule has 1 heterocycles. The van der Waals surface area contributed by atoms with Gasteiger partial charge in [-0.1, -0.05) is 0 Å². The van der Waals surface area contributed by atoms with Crippen LogP contribution in [0.3, 0.4) is 0 Å². The number of H-pyrrole nitrogens is 1. The normalized spacial score (nSPS) is 10.2. The van der Waals surface area contributed by atoms with Gasteiger partial charge in [0.1, 0.15) is 0 Å². The van der Waals surface area contributed by atoms with Crippen LogP contribution < -0.4 is 11.2 Å². The minimum Gasteiger partial charge on any atom is -0.313 e. The van der Waals surface area contributed by atoms with E-state index in [1.807, 2.05) is 0 Å². The van der Waals surface area contributed by atoms with Gasteiger partial charge in [-0.2, -0.15) is 5.26 Å². The first kappa shape index (κ1) is 9.00. The van der Waals surface area contributed by atoms with Crippen molar-refractivity contribution in [2.75, 3.05) is 0 Å². The van der Waals surface area contributed by atoms with Crippen LogP contribution in [-0.4, -0.2) is 9.55 Å². The van der Waals surface area contributed by atoms with Crippen LogP contribution in [0.1, 0.15) is 5.56 Å². The van der Waals surface area contributed by atoms with Crippen LogP contribution in [0.25, 0.3) is 6.08 Å². The molecule has 0 bridgehead atoms. The molecule has 0 saturated carbocycles. The Kier molecular flexibility index (Phi) is 2.45. The summed E-state index contributed by atoms with van der Waals surface area (Å²) >= 11 is 0. The van der Waals surface area contributed by atoms with Gasteiger partial charge in [0.25, 0.3) is 5.56 Å². The van der Waals surface area contributed by atoms with E-state index >= 15 is 0 Å². The predicted molar refractivity (Wildman–Crippen MR) is 47.0 cm³/mol. The molecule has 66 valence electrons. The van der Waals surface area contributed by atoms with Gasteiger partial charge in [-0.3, -0.25) is 9.36 Å². The maximum Gasteiger partial charge on any atom is 0.328 e. The van der Waals surface area contributed by atoms with E-state index < -0.39 is 11.2 Å². The van der Waals surface area contributed by atoms with Gasteiger partial charge in [0, 0.05) is 19.3 Å². The molecule has 13 heavy (non-hydrogen) atoms. The number of rotatable bonds is 1. The van der Waals surface area contributed by atoms with Gasteiger partial charge in [-0.05, 0) is 6.08 Å². The van der Waals surface area contributed by atoms with Gasteiger partial charge in [-0.25, -0.2) is 4.79 Å². The molecule has 1 N–H and O–H groups in total. The monoisotopic (exact) mass is 177 g/mol. The number of aromatic amines is 1. The highest BCUT2D eigenvalue weighted by molar-refractivity contribution is 5.49. The lowest BCUT2D eigenvalue weighted by molar-refractivity contribution is 0.772. The summed E-state index contributed by atoms with van der Waals surface area (Å²) < 4.78 is 0.942. The molecule has 5 nitrogen and oxygen atoms in total. The van der Waals surface area contributed by atoms with Crippen molar-refractivity contribution >= 4 is 6.08 Å². The molecule has 0 unspecified atom stereocenters. The fourth-order valence-electron chi connectivity index (χ4n) is 0.830. The zero-order valence-electron chi connectivity index (χ0n) is 6.94. The van der Waals surface area contributed by atoms with E-state index in [1.165, 1.54) is 25.4 Å². The second kappa shape index (κ2) is 3.54. The fraction of sp³-hybridized carbons (Fsp3) is 0.125. The van der Waals surface area contributed by atoms with Gasteiger partial charge in [0.2, 0.25) is 0 Å². The maximum absolute atomic E-state index is 11.3. The van der Waals surface area contributed by atoms with E-state index in [9.17, 15) is 9.59 Å². The lowest BCUT2D eigenvalue weighted by Gasteiger charge is -1.95. The standard InChI is InChI=1S/C8H7N3O2/c1-11-7(12)6(3-2-4-9)5-10-8(11)13/h2-3,5H,1H3,(H,10,13). The van der Waals surface area contributed by atoms with Crippen LogP contribution in [0.4, 0.5) is 0 Å². The maximum atomic E-state index is 11.3. The van der Waals surface area contributed by atoms with E-state index in [0.29, 0.717) is 0 Å². The zero-order valence-corrected chi connectivity index (χ0v) is 6.94. The molecule has 0 saturated heterocycles. The summed E-state index contributed by atoms with van der Waals surface area (Å²) in [5.41, 5.74) is -0.613. The Labute approximate surface area is 73.6 Å². The van der Waals surface area contributed by atoms with E-state index in [-0.39, 0.29) is 5.56 Å². The first-order valence-electron chi connectivity index (χ1n) is 3.51. The molecular formula is C8H7N3O2. The molecular weight excluding hydrogens is 170 g/mol. The van der Waals surface area contributed by atoms with Gasteiger partial charge in [-0.15, -0.1) is 0 Å². The summed E-state index contributed by atoms with van der Waals surface area (Å²) in [4.78, 5) is 24.5. The minimum absolute atomic E-state index is 0.281. The number of hydrogen-bond donors (Lipinski definition) is 1. The van der Waals surface area contributed by atoms with E-state index in [2.05, 4.69) is 4.98 Å². The smallest absolute Gasteiger partial charge is 0.313 e. The van der Waals surface area contributed by atoms with Crippen molar-refractivity contribution in [1.82, 2.24) is 9.55 Å². The minimum atomic E-state index is -0.473. The van der Waals surface area contributed by atoms with Crippen molar-refractivity contribution < 1.29 is 0 Å². The highest BCUT2D eigenvalue weighted by Gasteiger charge is 1.99. The summed E-state index contributed by atoms with van der Waals surface area (Å²) in [7, 11) is 1.37. The topological polar surface area (TPSA) is 78.7 Å². The molecule has 0 aliphatic carbocycles. The molecule has 0 spiro atoms. The first-order chi connectivity index (χ1) is 6.16. The highest BCUT2D eigenvalue weighted by atomic mass is 16.2. The summed E-state index contributed by atoms with van der Waals surface area (Å²) in [5, 5.41) is 8.22. The van der Waals surface area contributed by atoms with Crippen LogP contribution in [0.5, 0.6) is 0 Å². The molecule has 0 radical (unpaired) electrons. The number of aromatic nitrogens is 2. The molecule has 5 heteroatoms. The van der Waals surface area contributed by atoms with E-state index in [0.717, 1.165) is 4.57 Å². The fourth-order valence-corrected chi connectivity index (χ4v) is 0.830. The number of hydrogen-bond acceptors (Lipinski definition) is 3. The van der Waals surface area contributed by atoms with Crippen molar-refractivity contribution in [3.05, 3.63) is 38.7 Å². The van der Waals surface area contributed by atoms with Crippen molar-refractivity contribution in [3.63, 3.8) is 0 Å². The van der Waals surface area contributed by atoms with Crippen molar-refractivity contribution in [2.24, 2.45) is 7.05 Å². The van der Waals surface area contributed by atoms with Crippen LogP contribution in [0.2, 0.25) is 0 Å². The van der Waals surface area contributed by atoms with Crippen molar-refractivity contribution in [1.29, 1.82) is 5.26 Å². The average molecular weight is 177 g/mol. The Balaban J connectivity index is 3.37. The largest absolute Gasteiger partial charge is 0.328 e. The van der Waals surface area contributed by atoms with Gasteiger partial charge < -0.3 is 4.98 Å². The molecule has 0 aliphatic heterocycles. The van der Waals surface area contributed by atoms with Crippen molar-refractivity contribution in [2.45, 2.75) is 0 Å². The summed E-state index contributed by atoms with van der Waals surface area (Å²) in [6, 6.07) is 1.76. The molecule has 1 aromatic heterocycles. The SMILES string of the molecule is Cn1c(=O)[nH]cc(C=CC#N)c1=O. The summed E-state index contributed by atoms with van der Waals surface area (Å²) in [5.74, 6) is 0. The summed E-state index contributed by atoms with van der Waals surface area (Å²) in [6.07, 6.45) is 3.80. The highest BCUT2D eigenvalue weighted by Crippen LogP contribution is 1.88. The lowest BCUT2D eigenvalue weighted by atomic mass is 10.3. The third-order valence-electron chi connectivity index (χ3n) is 1.54. The number of nitrogens with zero attached hydrogens (tertiary/aromatic N) is 2. The van der Waals surface area contributed by atoms with Crippen LogP contribution >= 0.6 is 0 Å². The van der Waals surface area contributed by atoms with Crippen LogP contribution in [0, 0.1) is 11.3 Å². The van der Waals surface area contributed by atoms with Gasteiger partial charge in [0.15, 0.2) is 0 Å². The first-order valence-corrected chi connectivity index (χ1v) is 3.51. The third-order valence-corrected chi connectivity index (χ3v) is 1.54. The van der Waals surface area contributed by atoms with Gasteiger partial charge in [0.05, 0.1) is 11.6 Å². The zero-order chi connectivity index (χ0) is 9.84. The summed E-state index contributed by atoms with van der Waals surface area (Å²) in [6.45, 7) is 0. The third kappa shape index (κ3) is 1.73. The molecule has 0 aromatic carbocycles. The molecule has 0 fully saturated rings. The second-order valence-corrected chi connectivity index (χ2v) is 2.38. The molecule has 0 amide bonds. The van der Waals surface area contributed by atoms with E-state index in [1.54, 1.807) is 6.07 Å². The quantitative estimate of drug-likeness (QED) is 0.593. The van der Waals surface area contributed by atoms with Crippen molar-refractivity contribution in [3.8, 4) is 6.07 Å². The van der Waals surface area contributed by atoms with E-state index in [4.69, 9.17) is 5.26 Å².